The predicted octanol–water partition coefficient (Wildman–Crippen LogP) is 2.23. The van der Waals surface area contributed by atoms with Crippen LogP contribution in [0.25, 0.3) is 0 Å². The Kier molecular flexibility index (Phi) is 6.08. The molecule has 0 saturated heterocycles. The molecular formula is C17H16ClN3O4. The third-order valence-electron chi connectivity index (χ3n) is 3.09. The van der Waals surface area contributed by atoms with Gasteiger partial charge in [-0.3, -0.25) is 9.59 Å². The molecule has 1 aromatic carbocycles. The summed E-state index contributed by atoms with van der Waals surface area (Å²) in [5, 5.41) is 2.91. The molecule has 0 bridgehead atoms. The van der Waals surface area contributed by atoms with E-state index in [4.69, 9.17) is 16.3 Å². The number of carbonyl (C=O) groups is 3. The second kappa shape index (κ2) is 8.25. The van der Waals surface area contributed by atoms with Gasteiger partial charge in [0, 0.05) is 36.6 Å². The smallest absolute Gasteiger partial charge is 0.357 e. The van der Waals surface area contributed by atoms with Gasteiger partial charge in [-0.15, -0.1) is 0 Å². The summed E-state index contributed by atoms with van der Waals surface area (Å²) >= 11 is 5.76. The molecule has 2 rings (SSSR count). The summed E-state index contributed by atoms with van der Waals surface area (Å²) in [7, 11) is 3.31. The molecule has 0 fully saturated rings. The quantitative estimate of drug-likeness (QED) is 0.825. The molecule has 7 nitrogen and oxygen atoms in total. The van der Waals surface area contributed by atoms with Crippen molar-refractivity contribution in [3.05, 3.63) is 58.9 Å². The Morgan fingerprint density at radius 3 is 2.44 bits per heavy atom. The first-order valence-corrected chi connectivity index (χ1v) is 7.65. The van der Waals surface area contributed by atoms with Crippen molar-refractivity contribution >= 4 is 35.1 Å². The maximum Gasteiger partial charge on any atom is 0.357 e. The molecule has 0 unspecified atom stereocenters. The number of hydrogen-bond acceptors (Lipinski definition) is 5. The number of anilines is 1. The van der Waals surface area contributed by atoms with E-state index >= 15 is 0 Å². The highest BCUT2D eigenvalue weighted by Gasteiger charge is 2.13. The third-order valence-corrected chi connectivity index (χ3v) is 3.32. The summed E-state index contributed by atoms with van der Waals surface area (Å²) in [5.74, 6) is -1.40. The number of nitrogens with one attached hydrogen (secondary N) is 1. The van der Waals surface area contributed by atoms with Crippen LogP contribution in [-0.4, -0.2) is 48.4 Å². The van der Waals surface area contributed by atoms with Crippen LogP contribution in [0.2, 0.25) is 5.02 Å². The molecule has 0 aliphatic carbocycles. The van der Waals surface area contributed by atoms with Crippen LogP contribution < -0.4 is 5.32 Å². The fourth-order valence-electron chi connectivity index (χ4n) is 1.87. The van der Waals surface area contributed by atoms with E-state index in [2.05, 4.69) is 10.3 Å². The van der Waals surface area contributed by atoms with E-state index in [1.54, 1.807) is 38.4 Å². The average molecular weight is 362 g/mol. The van der Waals surface area contributed by atoms with Gasteiger partial charge in [-0.1, -0.05) is 11.6 Å². The number of benzene rings is 1. The lowest BCUT2D eigenvalue weighted by Gasteiger charge is -2.11. The first-order valence-electron chi connectivity index (χ1n) is 7.27. The van der Waals surface area contributed by atoms with E-state index in [9.17, 15) is 14.4 Å². The molecule has 2 aromatic rings. The lowest BCUT2D eigenvalue weighted by atomic mass is 10.2. The van der Waals surface area contributed by atoms with Gasteiger partial charge >= 0.3 is 5.97 Å². The van der Waals surface area contributed by atoms with Crippen LogP contribution in [-0.2, 0) is 9.53 Å². The van der Waals surface area contributed by atoms with Crippen molar-refractivity contribution in [2.24, 2.45) is 0 Å². The molecule has 130 valence electrons. The van der Waals surface area contributed by atoms with Crippen molar-refractivity contribution in [2.45, 2.75) is 0 Å². The van der Waals surface area contributed by atoms with Crippen molar-refractivity contribution in [3.63, 3.8) is 0 Å². The highest BCUT2D eigenvalue weighted by atomic mass is 35.5. The Hall–Kier alpha value is -2.93. The number of ether oxygens (including phenoxy) is 1. The van der Waals surface area contributed by atoms with Gasteiger partial charge < -0.3 is 15.0 Å². The topological polar surface area (TPSA) is 88.6 Å². The summed E-state index contributed by atoms with van der Waals surface area (Å²) < 4.78 is 4.88. The number of esters is 1. The van der Waals surface area contributed by atoms with Crippen molar-refractivity contribution in [1.29, 1.82) is 0 Å². The van der Waals surface area contributed by atoms with E-state index in [0.717, 1.165) is 0 Å². The number of hydrogen-bond donors (Lipinski definition) is 1. The molecule has 0 saturated carbocycles. The Morgan fingerprint density at radius 2 is 1.84 bits per heavy atom. The van der Waals surface area contributed by atoms with Crippen LogP contribution in [0.3, 0.4) is 0 Å². The van der Waals surface area contributed by atoms with E-state index in [1.165, 1.54) is 23.2 Å². The lowest BCUT2D eigenvalue weighted by Crippen LogP contribution is -2.22. The highest BCUT2D eigenvalue weighted by molar-refractivity contribution is 6.30. The van der Waals surface area contributed by atoms with E-state index in [0.29, 0.717) is 16.3 Å². The van der Waals surface area contributed by atoms with E-state index in [-0.39, 0.29) is 11.6 Å². The third kappa shape index (κ3) is 5.29. The molecule has 1 aromatic heterocycles. The number of nitrogens with zero attached hydrogens (tertiary/aromatic N) is 2. The second-order valence-corrected chi connectivity index (χ2v) is 5.70. The van der Waals surface area contributed by atoms with Gasteiger partial charge in [-0.25, -0.2) is 9.78 Å². The number of amides is 2. The number of pyridine rings is 1. The molecule has 1 heterocycles. The van der Waals surface area contributed by atoms with Gasteiger partial charge in [0.25, 0.3) is 11.8 Å². The molecule has 1 N–H and O–H groups in total. The SMILES string of the molecule is CN(C)C(=O)c1ccc(NC(=O)COC(=O)c2cc(Cl)ccn2)cc1. The number of aromatic nitrogens is 1. The summed E-state index contributed by atoms with van der Waals surface area (Å²) in [4.78, 5) is 40.7. The minimum Gasteiger partial charge on any atom is -0.451 e. The van der Waals surface area contributed by atoms with Crippen LogP contribution in [0, 0.1) is 0 Å². The van der Waals surface area contributed by atoms with Gasteiger partial charge in [0.15, 0.2) is 6.61 Å². The number of rotatable bonds is 5. The predicted molar refractivity (Wildman–Crippen MR) is 92.6 cm³/mol. The molecule has 0 radical (unpaired) electrons. The first-order chi connectivity index (χ1) is 11.9. The Bertz CT molecular complexity index is 791. The van der Waals surface area contributed by atoms with Crippen LogP contribution in [0.15, 0.2) is 42.6 Å². The maximum absolute atomic E-state index is 11.8. The minimum atomic E-state index is -0.746. The summed E-state index contributed by atoms with van der Waals surface area (Å²) in [6.45, 7) is -0.467. The zero-order valence-corrected chi connectivity index (χ0v) is 14.4. The van der Waals surface area contributed by atoms with Gasteiger partial charge in [-0.05, 0) is 36.4 Å². The largest absolute Gasteiger partial charge is 0.451 e. The second-order valence-electron chi connectivity index (χ2n) is 5.26. The summed E-state index contributed by atoms with van der Waals surface area (Å²) in [5.41, 5.74) is 1.01. The van der Waals surface area contributed by atoms with Crippen LogP contribution >= 0.6 is 11.6 Å². The van der Waals surface area contributed by atoms with E-state index in [1.807, 2.05) is 0 Å². The van der Waals surface area contributed by atoms with E-state index < -0.39 is 18.5 Å². The molecule has 25 heavy (non-hydrogen) atoms. The fraction of sp³-hybridized carbons (Fsp3) is 0.176. The van der Waals surface area contributed by atoms with Gasteiger partial charge in [0.1, 0.15) is 5.69 Å². The normalized spacial score (nSPS) is 10.0. The van der Waals surface area contributed by atoms with Crippen molar-refractivity contribution < 1.29 is 19.1 Å². The molecule has 0 atom stereocenters. The van der Waals surface area contributed by atoms with Crippen molar-refractivity contribution in [2.75, 3.05) is 26.0 Å². The first kappa shape index (κ1) is 18.4. The zero-order chi connectivity index (χ0) is 18.4. The van der Waals surface area contributed by atoms with Crippen molar-refractivity contribution in [3.8, 4) is 0 Å². The lowest BCUT2D eigenvalue weighted by molar-refractivity contribution is -0.119. The minimum absolute atomic E-state index is 0.0202. The molecule has 0 aliphatic heterocycles. The zero-order valence-electron chi connectivity index (χ0n) is 13.7. The molecule has 2 amide bonds. The van der Waals surface area contributed by atoms with Crippen molar-refractivity contribution in [1.82, 2.24) is 9.88 Å². The van der Waals surface area contributed by atoms with Gasteiger partial charge in [-0.2, -0.15) is 0 Å². The molecular weight excluding hydrogens is 346 g/mol. The Morgan fingerprint density at radius 1 is 1.16 bits per heavy atom. The van der Waals surface area contributed by atoms with Crippen LogP contribution in [0.5, 0.6) is 0 Å². The van der Waals surface area contributed by atoms with Crippen LogP contribution in [0.4, 0.5) is 5.69 Å². The maximum atomic E-state index is 11.8. The summed E-state index contributed by atoms with van der Waals surface area (Å²) in [6, 6.07) is 9.25. The average Bonchev–Trinajstić information content (AvgIpc) is 2.59. The van der Waals surface area contributed by atoms with Crippen LogP contribution in [0.1, 0.15) is 20.8 Å². The molecule has 8 heteroatoms. The molecule has 0 spiro atoms. The Balaban J connectivity index is 1.88. The number of carbonyl (C=O) groups excluding carboxylic acids is 3. The summed E-state index contributed by atoms with van der Waals surface area (Å²) in [6.07, 6.45) is 1.37. The van der Waals surface area contributed by atoms with Gasteiger partial charge in [0.2, 0.25) is 0 Å². The highest BCUT2D eigenvalue weighted by Crippen LogP contribution is 2.11. The standard InChI is InChI=1S/C17H16ClN3O4/c1-21(2)16(23)11-3-5-13(6-4-11)20-15(22)10-25-17(24)14-9-12(18)7-8-19-14/h3-9H,10H2,1-2H3,(H,20,22). The fourth-order valence-corrected chi connectivity index (χ4v) is 2.03. The van der Waals surface area contributed by atoms with Gasteiger partial charge in [0.05, 0.1) is 0 Å². The number of halogens is 1. The monoisotopic (exact) mass is 361 g/mol. The molecule has 0 aliphatic rings. The Labute approximate surface area is 149 Å².